The van der Waals surface area contributed by atoms with Crippen molar-refractivity contribution < 1.29 is 4.39 Å². The molecule has 1 rings (SSSR count). The topological polar surface area (TPSA) is 26.0 Å². The second-order valence-electron chi connectivity index (χ2n) is 4.03. The van der Waals surface area contributed by atoms with E-state index in [1.165, 1.54) is 6.07 Å². The van der Waals surface area contributed by atoms with Crippen LogP contribution in [0.3, 0.4) is 0 Å². The van der Waals surface area contributed by atoms with Crippen LogP contribution in [-0.2, 0) is 6.42 Å². The molecule has 0 heterocycles. The van der Waals surface area contributed by atoms with Crippen molar-refractivity contribution in [3.05, 3.63) is 35.6 Å². The van der Waals surface area contributed by atoms with E-state index in [1.54, 1.807) is 6.07 Å². The first-order chi connectivity index (χ1) is 7.77. The maximum Gasteiger partial charge on any atom is 0.126 e. The van der Waals surface area contributed by atoms with Crippen LogP contribution in [0.25, 0.3) is 0 Å². The van der Waals surface area contributed by atoms with Crippen LogP contribution < -0.4 is 5.73 Å². The Labute approximate surface area is 102 Å². The summed E-state index contributed by atoms with van der Waals surface area (Å²) in [7, 11) is 0. The number of halogens is 1. The van der Waals surface area contributed by atoms with E-state index in [2.05, 4.69) is 6.26 Å². The molecule has 0 saturated heterocycles. The van der Waals surface area contributed by atoms with Gasteiger partial charge in [-0.3, -0.25) is 0 Å². The van der Waals surface area contributed by atoms with Gasteiger partial charge in [-0.15, -0.1) is 0 Å². The van der Waals surface area contributed by atoms with Gasteiger partial charge in [0.2, 0.25) is 0 Å². The highest BCUT2D eigenvalue weighted by Crippen LogP contribution is 2.16. The molecule has 1 aromatic carbocycles. The number of nitrogens with two attached hydrogens (primary N) is 1. The molecule has 1 atom stereocenters. The Kier molecular flexibility index (Phi) is 6.50. The smallest absolute Gasteiger partial charge is 0.126 e. The van der Waals surface area contributed by atoms with Gasteiger partial charge >= 0.3 is 0 Å². The predicted octanol–water partition coefficient (Wildman–Crippen LogP) is 3.09. The first-order valence-corrected chi connectivity index (χ1v) is 7.09. The van der Waals surface area contributed by atoms with Crippen molar-refractivity contribution in [3.8, 4) is 0 Å². The molecule has 0 aromatic heterocycles. The van der Waals surface area contributed by atoms with E-state index in [1.807, 2.05) is 23.9 Å². The summed E-state index contributed by atoms with van der Waals surface area (Å²) in [5.41, 5.74) is 6.52. The van der Waals surface area contributed by atoms with Gasteiger partial charge in [-0.25, -0.2) is 4.39 Å². The van der Waals surface area contributed by atoms with Crippen molar-refractivity contribution in [1.82, 2.24) is 0 Å². The summed E-state index contributed by atoms with van der Waals surface area (Å²) in [6.07, 6.45) is 5.12. The van der Waals surface area contributed by atoms with Gasteiger partial charge in [0.15, 0.2) is 0 Å². The van der Waals surface area contributed by atoms with Crippen LogP contribution in [0.5, 0.6) is 0 Å². The van der Waals surface area contributed by atoms with Crippen LogP contribution in [0.15, 0.2) is 24.3 Å². The predicted molar refractivity (Wildman–Crippen MR) is 70.3 cm³/mol. The molecule has 1 unspecified atom stereocenters. The Morgan fingerprint density at radius 1 is 1.38 bits per heavy atom. The van der Waals surface area contributed by atoms with Gasteiger partial charge in [-0.2, -0.15) is 11.8 Å². The zero-order valence-corrected chi connectivity index (χ0v) is 10.6. The van der Waals surface area contributed by atoms with E-state index in [0.29, 0.717) is 12.5 Å². The van der Waals surface area contributed by atoms with Crippen LogP contribution in [0.1, 0.15) is 18.4 Å². The van der Waals surface area contributed by atoms with E-state index in [9.17, 15) is 4.39 Å². The Bertz CT molecular complexity index is 304. The molecule has 0 aliphatic rings. The second-order valence-corrected chi connectivity index (χ2v) is 5.02. The molecule has 0 radical (unpaired) electrons. The summed E-state index contributed by atoms with van der Waals surface area (Å²) < 4.78 is 13.4. The van der Waals surface area contributed by atoms with Crippen LogP contribution in [0.4, 0.5) is 4.39 Å². The SMILES string of the molecule is CSCCCC(CN)Cc1ccccc1F. The van der Waals surface area contributed by atoms with Crippen LogP contribution >= 0.6 is 11.8 Å². The van der Waals surface area contributed by atoms with E-state index in [4.69, 9.17) is 5.73 Å². The van der Waals surface area contributed by atoms with Crippen molar-refractivity contribution in [2.24, 2.45) is 11.7 Å². The van der Waals surface area contributed by atoms with Gasteiger partial charge < -0.3 is 5.73 Å². The third kappa shape index (κ3) is 4.54. The van der Waals surface area contributed by atoms with Crippen molar-refractivity contribution in [2.45, 2.75) is 19.3 Å². The van der Waals surface area contributed by atoms with E-state index in [-0.39, 0.29) is 5.82 Å². The fourth-order valence-corrected chi connectivity index (χ4v) is 2.25. The summed E-state index contributed by atoms with van der Waals surface area (Å²) in [6, 6.07) is 6.98. The number of benzene rings is 1. The van der Waals surface area contributed by atoms with Crippen molar-refractivity contribution >= 4 is 11.8 Å². The Morgan fingerprint density at radius 2 is 2.12 bits per heavy atom. The third-order valence-electron chi connectivity index (χ3n) is 2.76. The fourth-order valence-electron chi connectivity index (χ4n) is 1.79. The first kappa shape index (κ1) is 13.5. The molecular formula is C13H20FNS. The lowest BCUT2D eigenvalue weighted by molar-refractivity contribution is 0.476. The molecule has 0 fully saturated rings. The van der Waals surface area contributed by atoms with Crippen LogP contribution in [0, 0.1) is 11.7 Å². The molecule has 0 bridgehead atoms. The van der Waals surface area contributed by atoms with Gasteiger partial charge in [0.05, 0.1) is 0 Å². The van der Waals surface area contributed by atoms with Crippen LogP contribution in [0.2, 0.25) is 0 Å². The van der Waals surface area contributed by atoms with Crippen LogP contribution in [-0.4, -0.2) is 18.6 Å². The monoisotopic (exact) mass is 241 g/mol. The summed E-state index contributed by atoms with van der Waals surface area (Å²) >= 11 is 1.85. The molecule has 2 N–H and O–H groups in total. The fraction of sp³-hybridized carbons (Fsp3) is 0.538. The van der Waals surface area contributed by atoms with Gasteiger partial charge in [0.25, 0.3) is 0 Å². The van der Waals surface area contributed by atoms with Crippen molar-refractivity contribution in [1.29, 1.82) is 0 Å². The van der Waals surface area contributed by atoms with Gasteiger partial charge in [-0.1, -0.05) is 18.2 Å². The average molecular weight is 241 g/mol. The highest BCUT2D eigenvalue weighted by atomic mass is 32.2. The lowest BCUT2D eigenvalue weighted by Gasteiger charge is -2.14. The zero-order chi connectivity index (χ0) is 11.8. The lowest BCUT2D eigenvalue weighted by Crippen LogP contribution is -2.17. The molecule has 0 amide bonds. The van der Waals surface area contributed by atoms with Crippen molar-refractivity contribution in [3.63, 3.8) is 0 Å². The summed E-state index contributed by atoms with van der Waals surface area (Å²) in [6.45, 7) is 0.642. The summed E-state index contributed by atoms with van der Waals surface area (Å²) in [4.78, 5) is 0. The molecule has 3 heteroatoms. The lowest BCUT2D eigenvalue weighted by atomic mass is 9.95. The molecule has 0 aliphatic heterocycles. The molecule has 90 valence electrons. The molecule has 0 saturated carbocycles. The zero-order valence-electron chi connectivity index (χ0n) is 9.79. The minimum Gasteiger partial charge on any atom is -0.330 e. The number of rotatable bonds is 7. The van der Waals surface area contributed by atoms with Gasteiger partial charge in [0, 0.05) is 0 Å². The highest BCUT2D eigenvalue weighted by molar-refractivity contribution is 7.98. The van der Waals surface area contributed by atoms with E-state index in [0.717, 1.165) is 30.6 Å². The first-order valence-electron chi connectivity index (χ1n) is 5.70. The molecule has 1 nitrogen and oxygen atoms in total. The largest absolute Gasteiger partial charge is 0.330 e. The number of hydrogen-bond acceptors (Lipinski definition) is 2. The van der Waals surface area contributed by atoms with Gasteiger partial charge in [-0.05, 0) is 55.4 Å². The van der Waals surface area contributed by atoms with Crippen molar-refractivity contribution in [2.75, 3.05) is 18.6 Å². The standard InChI is InChI=1S/C13H20FNS/c1-16-8-4-5-11(10-15)9-12-6-2-3-7-13(12)14/h2-3,6-7,11H,4-5,8-10,15H2,1H3. The molecule has 1 aromatic rings. The Hall–Kier alpha value is -0.540. The number of thioether (sulfide) groups is 1. The molecule has 0 spiro atoms. The molecule has 16 heavy (non-hydrogen) atoms. The van der Waals surface area contributed by atoms with Gasteiger partial charge in [0.1, 0.15) is 5.82 Å². The summed E-state index contributed by atoms with van der Waals surface area (Å²) in [5, 5.41) is 0. The number of hydrogen-bond donors (Lipinski definition) is 1. The molecule has 0 aliphatic carbocycles. The minimum atomic E-state index is -0.106. The molecular weight excluding hydrogens is 221 g/mol. The maximum atomic E-state index is 13.4. The highest BCUT2D eigenvalue weighted by Gasteiger charge is 2.10. The summed E-state index contributed by atoms with van der Waals surface area (Å²) in [5.74, 6) is 1.46. The average Bonchev–Trinajstić information content (AvgIpc) is 2.30. The maximum absolute atomic E-state index is 13.4. The second kappa shape index (κ2) is 7.69. The quantitative estimate of drug-likeness (QED) is 0.742. The van der Waals surface area contributed by atoms with E-state index < -0.39 is 0 Å². The minimum absolute atomic E-state index is 0.106. The third-order valence-corrected chi connectivity index (χ3v) is 3.46. The Morgan fingerprint density at radius 3 is 2.75 bits per heavy atom. The Balaban J connectivity index is 2.46. The normalized spacial score (nSPS) is 12.7. The van der Waals surface area contributed by atoms with E-state index >= 15 is 0 Å².